The molecule has 0 spiro atoms. The van der Waals surface area contributed by atoms with Crippen LogP contribution in [0.4, 0.5) is 0 Å². The minimum atomic E-state index is -0.0512. The Morgan fingerprint density at radius 1 is 1.04 bits per heavy atom. The molecule has 1 N–H and O–H groups in total. The molecule has 4 aromatic rings. The fourth-order valence-corrected chi connectivity index (χ4v) is 2.84. The molecule has 0 saturated carbocycles. The van der Waals surface area contributed by atoms with Gasteiger partial charge in [0.15, 0.2) is 5.82 Å². The Morgan fingerprint density at radius 3 is 2.50 bits per heavy atom. The zero-order valence-corrected chi connectivity index (χ0v) is 14.1. The Hall–Kier alpha value is -3.61. The van der Waals surface area contributed by atoms with Crippen molar-refractivity contribution in [3.05, 3.63) is 82.5 Å². The van der Waals surface area contributed by atoms with Gasteiger partial charge in [-0.2, -0.15) is 0 Å². The fraction of sp³-hybridized carbons (Fsp3) is 0.105. The molecule has 0 atom stereocenters. The molecule has 0 aliphatic rings. The highest BCUT2D eigenvalue weighted by molar-refractivity contribution is 5.80. The predicted octanol–water partition coefficient (Wildman–Crippen LogP) is 2.45. The third-order valence-electron chi connectivity index (χ3n) is 4.16. The van der Waals surface area contributed by atoms with Crippen molar-refractivity contribution >= 4 is 0 Å². The lowest BCUT2D eigenvalue weighted by Gasteiger charge is -2.09. The second-order valence-corrected chi connectivity index (χ2v) is 5.99. The maximum Gasteiger partial charge on any atom is 0.253 e. The maximum atomic E-state index is 12.0. The van der Waals surface area contributed by atoms with Gasteiger partial charge in [-0.1, -0.05) is 48.5 Å². The Labute approximate surface area is 149 Å². The standard InChI is InChI=1S/C19H16N6O/c1-13-10-18(26)25(12-20-13)11-14-6-8-15(9-7-14)16-4-2-3-5-17(16)19-21-23-24-22-19/h2-10,12H,11H2,1H3,(H,21,22,23,24). The first kappa shape index (κ1) is 15.9. The minimum absolute atomic E-state index is 0.0512. The van der Waals surface area contributed by atoms with Gasteiger partial charge in [0.1, 0.15) is 0 Å². The first-order chi connectivity index (χ1) is 12.7. The van der Waals surface area contributed by atoms with E-state index < -0.39 is 0 Å². The molecule has 2 aromatic heterocycles. The third-order valence-corrected chi connectivity index (χ3v) is 4.16. The zero-order chi connectivity index (χ0) is 17.9. The molecule has 2 aromatic carbocycles. The van der Waals surface area contributed by atoms with Crippen LogP contribution in [0.3, 0.4) is 0 Å². The van der Waals surface area contributed by atoms with E-state index in [4.69, 9.17) is 0 Å². The van der Waals surface area contributed by atoms with Crippen molar-refractivity contribution in [1.82, 2.24) is 30.2 Å². The van der Waals surface area contributed by atoms with E-state index in [1.54, 1.807) is 10.9 Å². The number of H-pyrrole nitrogens is 1. The summed E-state index contributed by atoms with van der Waals surface area (Å²) in [5.41, 5.74) is 4.72. The number of tetrazole rings is 1. The molecule has 0 aliphatic carbocycles. The highest BCUT2D eigenvalue weighted by atomic mass is 16.1. The van der Waals surface area contributed by atoms with Crippen molar-refractivity contribution < 1.29 is 0 Å². The van der Waals surface area contributed by atoms with Crippen LogP contribution in [-0.2, 0) is 6.54 Å². The first-order valence-electron chi connectivity index (χ1n) is 8.16. The van der Waals surface area contributed by atoms with Crippen LogP contribution in [-0.4, -0.2) is 30.2 Å². The third kappa shape index (κ3) is 3.14. The lowest BCUT2D eigenvalue weighted by atomic mass is 9.98. The van der Waals surface area contributed by atoms with E-state index in [1.165, 1.54) is 6.07 Å². The lowest BCUT2D eigenvalue weighted by Crippen LogP contribution is -2.20. The topological polar surface area (TPSA) is 89.4 Å². The van der Waals surface area contributed by atoms with E-state index in [2.05, 4.69) is 25.6 Å². The van der Waals surface area contributed by atoms with E-state index >= 15 is 0 Å². The number of hydrogen-bond acceptors (Lipinski definition) is 5. The summed E-state index contributed by atoms with van der Waals surface area (Å²) in [7, 11) is 0. The van der Waals surface area contributed by atoms with Crippen molar-refractivity contribution in [3.63, 3.8) is 0 Å². The Morgan fingerprint density at radius 2 is 1.81 bits per heavy atom. The first-order valence-corrected chi connectivity index (χ1v) is 8.16. The van der Waals surface area contributed by atoms with Gasteiger partial charge in [0.2, 0.25) is 0 Å². The number of aromatic nitrogens is 6. The smallest absolute Gasteiger partial charge is 0.253 e. The normalized spacial score (nSPS) is 10.8. The average molecular weight is 344 g/mol. The summed E-state index contributed by atoms with van der Waals surface area (Å²) in [4.78, 5) is 16.2. The van der Waals surface area contributed by atoms with Crippen molar-refractivity contribution in [1.29, 1.82) is 0 Å². The average Bonchev–Trinajstić information content (AvgIpc) is 3.19. The van der Waals surface area contributed by atoms with E-state index in [0.29, 0.717) is 12.4 Å². The maximum absolute atomic E-state index is 12.0. The molecule has 128 valence electrons. The van der Waals surface area contributed by atoms with Gasteiger partial charge in [0.05, 0.1) is 12.9 Å². The predicted molar refractivity (Wildman–Crippen MR) is 97.4 cm³/mol. The zero-order valence-electron chi connectivity index (χ0n) is 14.1. The molecule has 4 rings (SSSR count). The van der Waals surface area contributed by atoms with Gasteiger partial charge in [-0.15, -0.1) is 5.10 Å². The van der Waals surface area contributed by atoms with Crippen molar-refractivity contribution in [2.75, 3.05) is 0 Å². The molecule has 7 heteroatoms. The Kier molecular flexibility index (Phi) is 4.10. The molecule has 0 saturated heterocycles. The van der Waals surface area contributed by atoms with E-state index in [0.717, 1.165) is 27.9 Å². The summed E-state index contributed by atoms with van der Waals surface area (Å²) in [6.07, 6.45) is 1.58. The van der Waals surface area contributed by atoms with Crippen LogP contribution in [0.2, 0.25) is 0 Å². The SMILES string of the molecule is Cc1cc(=O)n(Cc2ccc(-c3ccccc3-c3nnn[nH]3)cc2)cn1. The molecule has 0 fully saturated rings. The fourth-order valence-electron chi connectivity index (χ4n) is 2.84. The van der Waals surface area contributed by atoms with Crippen LogP contribution in [0.1, 0.15) is 11.3 Å². The van der Waals surface area contributed by atoms with Gasteiger partial charge in [0, 0.05) is 17.3 Å². The molecule has 0 bridgehead atoms. The van der Waals surface area contributed by atoms with E-state index in [1.807, 2.05) is 55.5 Å². The second-order valence-electron chi connectivity index (χ2n) is 5.99. The van der Waals surface area contributed by atoms with Crippen LogP contribution in [0.25, 0.3) is 22.5 Å². The number of rotatable bonds is 4. The summed E-state index contributed by atoms with van der Waals surface area (Å²) in [5.74, 6) is 0.627. The van der Waals surface area contributed by atoms with Crippen molar-refractivity contribution in [3.8, 4) is 22.5 Å². The molecule has 0 radical (unpaired) electrons. The Balaban J connectivity index is 1.64. The van der Waals surface area contributed by atoms with Gasteiger partial charge in [-0.05, 0) is 34.0 Å². The summed E-state index contributed by atoms with van der Waals surface area (Å²) >= 11 is 0. The number of nitrogens with zero attached hydrogens (tertiary/aromatic N) is 5. The quantitative estimate of drug-likeness (QED) is 0.614. The molecular weight excluding hydrogens is 328 g/mol. The van der Waals surface area contributed by atoms with Crippen LogP contribution in [0, 0.1) is 6.92 Å². The van der Waals surface area contributed by atoms with E-state index in [9.17, 15) is 4.79 Å². The number of aryl methyl sites for hydroxylation is 1. The molecule has 7 nitrogen and oxygen atoms in total. The number of benzene rings is 2. The second kappa shape index (κ2) is 6.72. The molecular formula is C19H16N6O. The molecule has 0 aliphatic heterocycles. The molecule has 0 amide bonds. The number of aromatic amines is 1. The Bertz CT molecular complexity index is 1080. The van der Waals surface area contributed by atoms with Gasteiger partial charge < -0.3 is 0 Å². The van der Waals surface area contributed by atoms with Crippen LogP contribution in [0.5, 0.6) is 0 Å². The van der Waals surface area contributed by atoms with Gasteiger partial charge in [-0.25, -0.2) is 10.1 Å². The van der Waals surface area contributed by atoms with Gasteiger partial charge in [0.25, 0.3) is 5.56 Å². The van der Waals surface area contributed by atoms with Crippen molar-refractivity contribution in [2.24, 2.45) is 0 Å². The summed E-state index contributed by atoms with van der Waals surface area (Å²) in [5, 5.41) is 14.1. The van der Waals surface area contributed by atoms with Gasteiger partial charge >= 0.3 is 0 Å². The number of nitrogens with one attached hydrogen (secondary N) is 1. The minimum Gasteiger partial charge on any atom is -0.295 e. The van der Waals surface area contributed by atoms with Gasteiger partial charge in [-0.3, -0.25) is 9.36 Å². The largest absolute Gasteiger partial charge is 0.295 e. The van der Waals surface area contributed by atoms with Crippen LogP contribution < -0.4 is 5.56 Å². The summed E-state index contributed by atoms with van der Waals surface area (Å²) < 4.78 is 1.59. The van der Waals surface area contributed by atoms with Crippen LogP contribution in [0.15, 0.2) is 65.7 Å². The highest BCUT2D eigenvalue weighted by Gasteiger charge is 2.10. The lowest BCUT2D eigenvalue weighted by molar-refractivity contribution is 0.730. The molecule has 2 heterocycles. The molecule has 26 heavy (non-hydrogen) atoms. The van der Waals surface area contributed by atoms with Crippen molar-refractivity contribution in [2.45, 2.75) is 13.5 Å². The van der Waals surface area contributed by atoms with Crippen LogP contribution >= 0.6 is 0 Å². The van der Waals surface area contributed by atoms with E-state index in [-0.39, 0.29) is 5.56 Å². The number of hydrogen-bond donors (Lipinski definition) is 1. The monoisotopic (exact) mass is 344 g/mol. The summed E-state index contributed by atoms with van der Waals surface area (Å²) in [6, 6.07) is 17.6. The highest BCUT2D eigenvalue weighted by Crippen LogP contribution is 2.29. The molecule has 0 unspecified atom stereocenters. The summed E-state index contributed by atoms with van der Waals surface area (Å²) in [6.45, 7) is 2.29.